The number of likely N-dealkylation sites (N-methyl/N-ethyl adjacent to an activating group) is 1. The summed E-state index contributed by atoms with van der Waals surface area (Å²) in [5.41, 5.74) is 7.28. The van der Waals surface area contributed by atoms with Gasteiger partial charge in [-0.3, -0.25) is 33.2 Å². The Morgan fingerprint density at radius 3 is 2.09 bits per heavy atom. The quantitative estimate of drug-likeness (QED) is 0.0784. The Bertz CT molecular complexity index is 1430. The number of ether oxygens (including phenoxy) is 1. The highest BCUT2D eigenvalue weighted by Gasteiger charge is 2.31. The van der Waals surface area contributed by atoms with Gasteiger partial charge >= 0.3 is 11.9 Å². The predicted octanol–water partition coefficient (Wildman–Crippen LogP) is 1.45. The topological polar surface area (TPSA) is 198 Å². The fourth-order valence-electron chi connectivity index (χ4n) is 4.38. The zero-order chi connectivity index (χ0) is 35.1. The molecule has 0 aliphatic rings. The molecule has 0 radical (unpaired) electrons. The number of carboxylic acid groups (broad SMARTS) is 1. The van der Waals surface area contributed by atoms with Gasteiger partial charge in [-0.2, -0.15) is 0 Å². The minimum Gasteiger partial charge on any atom is -0.481 e. The molecule has 5 N–H and O–H groups in total. The Hall–Kier alpha value is -4.59. The fraction of sp³-hybridized carbons (Fsp3) is 0.455. The Labute approximate surface area is 277 Å². The average molecular weight is 672 g/mol. The molecule has 14 heteroatoms. The number of hydrogen-bond acceptors (Lipinski definition) is 8. The number of aliphatic imine (C=N–C) groups is 1. The molecule has 0 saturated heterocycles. The third-order valence-corrected chi connectivity index (χ3v) is 7.78. The van der Waals surface area contributed by atoms with E-state index in [2.05, 4.69) is 15.6 Å². The first-order chi connectivity index (χ1) is 22.2. The number of hydrogen-bond donors (Lipinski definition) is 4. The van der Waals surface area contributed by atoms with E-state index < -0.39 is 52.6 Å². The first-order valence-electron chi connectivity index (χ1n) is 15.2. The van der Waals surface area contributed by atoms with E-state index in [-0.39, 0.29) is 55.7 Å². The minimum atomic E-state index is -1.29. The summed E-state index contributed by atoms with van der Waals surface area (Å²) < 4.78 is 17.3. The van der Waals surface area contributed by atoms with Crippen molar-refractivity contribution in [2.75, 3.05) is 25.6 Å². The molecule has 0 aliphatic carbocycles. The number of nitrogens with one attached hydrogen (secondary N) is 2. The number of rotatable bonds is 18. The second-order valence-corrected chi connectivity index (χ2v) is 13.0. The first kappa shape index (κ1) is 38.6. The van der Waals surface area contributed by atoms with E-state index >= 15 is 0 Å². The summed E-state index contributed by atoms with van der Waals surface area (Å²) >= 11 is 0. The van der Waals surface area contributed by atoms with Crippen LogP contribution in [0.25, 0.3) is 0 Å². The molecule has 256 valence electrons. The number of amides is 3. The standard InChI is InChI=1S/C33H45N5O8S/c1-21(2)33(44)46-25-13-11-24(12-14-25)19-27(35-22(3)34)31(42)36-26(16-18-47(5)45)30(41)37-28(20-23-9-7-6-8-10-23)32(43)38(4)17-15-29(39)40/h6-14,21,26-28H,15-20H2,1-5H3,(H2,34,35)(H,36,42)(H,37,41)(H,39,40)/t26-,27+,28+,47?/m1/s1. The molecule has 13 nitrogen and oxygen atoms in total. The Balaban J connectivity index is 2.29. The van der Waals surface area contributed by atoms with Crippen molar-refractivity contribution in [1.82, 2.24) is 15.5 Å². The highest BCUT2D eigenvalue weighted by molar-refractivity contribution is 7.84. The molecule has 2 rings (SSSR count). The van der Waals surface area contributed by atoms with E-state index in [9.17, 15) is 28.2 Å². The maximum absolute atomic E-state index is 13.7. The Morgan fingerprint density at radius 2 is 1.53 bits per heavy atom. The maximum Gasteiger partial charge on any atom is 0.313 e. The summed E-state index contributed by atoms with van der Waals surface area (Å²) in [4.78, 5) is 69.1. The summed E-state index contributed by atoms with van der Waals surface area (Å²) in [7, 11) is 0.160. The number of carbonyl (C=O) groups excluding carboxylic acids is 4. The van der Waals surface area contributed by atoms with Crippen molar-refractivity contribution < 1.29 is 38.0 Å². The van der Waals surface area contributed by atoms with Crippen LogP contribution in [0.15, 0.2) is 59.6 Å². The Morgan fingerprint density at radius 1 is 0.936 bits per heavy atom. The third kappa shape index (κ3) is 14.2. The van der Waals surface area contributed by atoms with Gasteiger partial charge in [0, 0.05) is 49.2 Å². The maximum atomic E-state index is 13.7. The number of benzene rings is 2. The molecule has 0 saturated carbocycles. The molecular weight excluding hydrogens is 626 g/mol. The summed E-state index contributed by atoms with van der Waals surface area (Å²) in [5.74, 6) is -2.96. The van der Waals surface area contributed by atoms with Crippen molar-refractivity contribution in [3.05, 3.63) is 65.7 Å². The summed E-state index contributed by atoms with van der Waals surface area (Å²) in [6, 6.07) is 12.3. The lowest BCUT2D eigenvalue weighted by Gasteiger charge is -2.27. The highest BCUT2D eigenvalue weighted by atomic mass is 32.2. The van der Waals surface area contributed by atoms with Gasteiger partial charge in [-0.15, -0.1) is 0 Å². The van der Waals surface area contributed by atoms with E-state index in [1.807, 2.05) is 6.07 Å². The van der Waals surface area contributed by atoms with Crippen LogP contribution in [0.3, 0.4) is 0 Å². The molecule has 2 aromatic rings. The van der Waals surface area contributed by atoms with Gasteiger partial charge in [-0.05, 0) is 36.6 Å². The van der Waals surface area contributed by atoms with Crippen LogP contribution in [0.5, 0.6) is 5.75 Å². The fourth-order valence-corrected chi connectivity index (χ4v) is 4.94. The van der Waals surface area contributed by atoms with Crippen LogP contribution < -0.4 is 21.1 Å². The molecule has 0 aromatic heterocycles. The number of nitrogens with zero attached hydrogens (tertiary/aromatic N) is 2. The average Bonchev–Trinajstić information content (AvgIpc) is 3.01. The van der Waals surface area contributed by atoms with Crippen LogP contribution >= 0.6 is 0 Å². The first-order valence-corrected chi connectivity index (χ1v) is 16.9. The van der Waals surface area contributed by atoms with Gasteiger partial charge in [0.25, 0.3) is 0 Å². The monoisotopic (exact) mass is 671 g/mol. The normalized spacial score (nSPS) is 14.0. The highest BCUT2D eigenvalue weighted by Crippen LogP contribution is 2.16. The van der Waals surface area contributed by atoms with E-state index in [1.165, 1.54) is 25.1 Å². The molecule has 1 unspecified atom stereocenters. The smallest absolute Gasteiger partial charge is 0.313 e. The van der Waals surface area contributed by atoms with Crippen molar-refractivity contribution in [3.8, 4) is 5.75 Å². The summed E-state index contributed by atoms with van der Waals surface area (Å²) in [5, 5.41) is 14.5. The lowest BCUT2D eigenvalue weighted by molar-refractivity contribution is -0.140. The van der Waals surface area contributed by atoms with Gasteiger partial charge in [0.2, 0.25) is 17.7 Å². The largest absolute Gasteiger partial charge is 0.481 e. The van der Waals surface area contributed by atoms with Crippen molar-refractivity contribution >= 4 is 46.3 Å². The van der Waals surface area contributed by atoms with Crippen LogP contribution in [0.2, 0.25) is 0 Å². The summed E-state index contributed by atoms with van der Waals surface area (Å²) in [6.07, 6.45) is 1.43. The SMILES string of the molecule is CC(N)=N[C@@H](Cc1ccc(OC(=O)C(C)C)cc1)C(=O)N[C@H](CCS(C)=O)C(=O)N[C@@H](Cc1ccccc1)C(=O)N(C)CCC(=O)O. The van der Waals surface area contributed by atoms with Crippen LogP contribution in [0.4, 0.5) is 0 Å². The number of carboxylic acids is 1. The number of aliphatic carboxylic acids is 1. The van der Waals surface area contributed by atoms with Gasteiger partial charge in [-0.25, -0.2) is 0 Å². The second kappa shape index (κ2) is 19.2. The number of amidine groups is 1. The van der Waals surface area contributed by atoms with Crippen molar-refractivity contribution in [2.24, 2.45) is 16.6 Å². The lowest BCUT2D eigenvalue weighted by atomic mass is 10.0. The molecule has 0 bridgehead atoms. The molecule has 0 heterocycles. The molecule has 47 heavy (non-hydrogen) atoms. The van der Waals surface area contributed by atoms with E-state index in [1.54, 1.807) is 62.4 Å². The predicted molar refractivity (Wildman–Crippen MR) is 179 cm³/mol. The summed E-state index contributed by atoms with van der Waals surface area (Å²) in [6.45, 7) is 4.91. The second-order valence-electron chi connectivity index (χ2n) is 11.5. The van der Waals surface area contributed by atoms with Gasteiger partial charge in [0.05, 0.1) is 18.2 Å². The number of carbonyl (C=O) groups is 5. The van der Waals surface area contributed by atoms with E-state index in [4.69, 9.17) is 15.6 Å². The van der Waals surface area contributed by atoms with Crippen molar-refractivity contribution in [2.45, 2.75) is 64.6 Å². The molecule has 4 atom stereocenters. The molecule has 3 amide bonds. The zero-order valence-corrected chi connectivity index (χ0v) is 28.2. The van der Waals surface area contributed by atoms with Gasteiger partial charge < -0.3 is 31.1 Å². The third-order valence-electron chi connectivity index (χ3n) is 6.97. The van der Waals surface area contributed by atoms with Crippen LogP contribution in [0, 0.1) is 5.92 Å². The van der Waals surface area contributed by atoms with Crippen LogP contribution in [-0.4, -0.2) is 93.4 Å². The molecule has 0 aliphatic heterocycles. The number of esters is 1. The van der Waals surface area contributed by atoms with Crippen LogP contribution in [-0.2, 0) is 47.6 Å². The molecule has 0 spiro atoms. The van der Waals surface area contributed by atoms with Gasteiger partial charge in [0.1, 0.15) is 23.9 Å². The minimum absolute atomic E-state index is 0.00967. The number of nitrogens with two attached hydrogens (primary N) is 1. The lowest BCUT2D eigenvalue weighted by Crippen LogP contribution is -2.56. The van der Waals surface area contributed by atoms with E-state index in [0.29, 0.717) is 11.3 Å². The van der Waals surface area contributed by atoms with E-state index in [0.717, 1.165) is 5.56 Å². The van der Waals surface area contributed by atoms with Crippen molar-refractivity contribution in [1.29, 1.82) is 0 Å². The zero-order valence-electron chi connectivity index (χ0n) is 27.4. The van der Waals surface area contributed by atoms with Crippen molar-refractivity contribution in [3.63, 3.8) is 0 Å². The van der Waals surface area contributed by atoms with Gasteiger partial charge in [0.15, 0.2) is 0 Å². The van der Waals surface area contributed by atoms with Crippen LogP contribution in [0.1, 0.15) is 44.7 Å². The Kier molecular flexibility index (Phi) is 15.7. The van der Waals surface area contributed by atoms with Gasteiger partial charge in [-0.1, -0.05) is 56.3 Å². The molecule has 0 fully saturated rings. The molecular formula is C33H45N5O8S. The molecule has 2 aromatic carbocycles.